The summed E-state index contributed by atoms with van der Waals surface area (Å²) in [6.07, 6.45) is 1.72. The molecule has 0 saturated carbocycles. The molecule has 0 bridgehead atoms. The van der Waals surface area contributed by atoms with Crippen molar-refractivity contribution in [3.8, 4) is 17.3 Å². The molecule has 0 amide bonds. The number of halogens is 3. The van der Waals surface area contributed by atoms with E-state index in [2.05, 4.69) is 16.0 Å². The fraction of sp³-hybridized carbons (Fsp3) is 0.0455. The van der Waals surface area contributed by atoms with E-state index in [1.807, 2.05) is 42.6 Å². The number of hydrogen-bond acceptors (Lipinski definition) is 4. The molecule has 0 unspecified atom stereocenters. The molecule has 2 aromatic carbocycles. The zero-order valence-corrected chi connectivity index (χ0v) is 18.2. The van der Waals surface area contributed by atoms with Crippen molar-refractivity contribution >= 4 is 68.7 Å². The zero-order valence-electron chi connectivity index (χ0n) is 15.1. The van der Waals surface area contributed by atoms with E-state index in [4.69, 9.17) is 34.8 Å². The van der Waals surface area contributed by atoms with Gasteiger partial charge in [0.1, 0.15) is 16.2 Å². The largest absolute Gasteiger partial charge is 0.235 e. The summed E-state index contributed by atoms with van der Waals surface area (Å²) in [4.78, 5) is 9.02. The summed E-state index contributed by atoms with van der Waals surface area (Å²) >= 11 is 19.8. The fourth-order valence-corrected chi connectivity index (χ4v) is 4.17. The summed E-state index contributed by atoms with van der Waals surface area (Å²) in [5.41, 5.74) is 4.59. The highest BCUT2D eigenvalue weighted by Gasteiger charge is 2.12. The van der Waals surface area contributed by atoms with Crippen LogP contribution in [0.3, 0.4) is 0 Å². The number of nitrogens with zero attached hydrogens (tertiary/aromatic N) is 3. The molecule has 4 aromatic rings. The number of thiazole rings is 1. The highest BCUT2D eigenvalue weighted by Crippen LogP contribution is 2.32. The Morgan fingerprint density at radius 3 is 2.62 bits per heavy atom. The second-order valence-electron chi connectivity index (χ2n) is 6.40. The minimum atomic E-state index is 0.343. The number of pyridine rings is 1. The third-order valence-corrected chi connectivity index (χ3v) is 6.24. The van der Waals surface area contributed by atoms with Crippen LogP contribution in [0.15, 0.2) is 47.8 Å². The molecule has 0 saturated heterocycles. The Morgan fingerprint density at radius 1 is 1.03 bits per heavy atom. The van der Waals surface area contributed by atoms with Gasteiger partial charge in [0.15, 0.2) is 0 Å². The lowest BCUT2D eigenvalue weighted by Gasteiger charge is -2.04. The van der Waals surface area contributed by atoms with E-state index in [-0.39, 0.29) is 0 Å². The summed E-state index contributed by atoms with van der Waals surface area (Å²) in [6.45, 7) is 2.02. The molecule has 2 aromatic heterocycles. The summed E-state index contributed by atoms with van der Waals surface area (Å²) in [5, 5.41) is 14.4. The van der Waals surface area contributed by atoms with E-state index in [9.17, 15) is 5.26 Å². The van der Waals surface area contributed by atoms with E-state index in [0.717, 1.165) is 27.7 Å². The fourth-order valence-electron chi connectivity index (χ4n) is 2.87. The first-order chi connectivity index (χ1) is 13.9. The average molecular weight is 457 g/mol. The highest BCUT2D eigenvalue weighted by atomic mass is 35.5. The molecular formula is C22H12Cl3N3S. The molecule has 0 aliphatic carbocycles. The van der Waals surface area contributed by atoms with E-state index in [1.54, 1.807) is 18.2 Å². The summed E-state index contributed by atoms with van der Waals surface area (Å²) in [6, 6.07) is 15.4. The number of benzene rings is 2. The molecule has 0 radical (unpaired) electrons. The molecule has 0 fully saturated rings. The van der Waals surface area contributed by atoms with Crippen molar-refractivity contribution in [1.82, 2.24) is 9.97 Å². The van der Waals surface area contributed by atoms with Crippen LogP contribution < -0.4 is 0 Å². The van der Waals surface area contributed by atoms with Crippen molar-refractivity contribution in [2.75, 3.05) is 0 Å². The Balaban J connectivity index is 1.74. The SMILES string of the molecule is Cc1ccc2nc(Cl)c(C=C(C#N)c3nc(-c4ccc(Cl)c(Cl)c4)cs3)cc2c1. The lowest BCUT2D eigenvalue weighted by Crippen LogP contribution is -1.88. The van der Waals surface area contributed by atoms with Crippen molar-refractivity contribution in [2.45, 2.75) is 6.92 Å². The third kappa shape index (κ3) is 4.14. The molecule has 7 heteroatoms. The molecule has 29 heavy (non-hydrogen) atoms. The van der Waals surface area contributed by atoms with Crippen LogP contribution in [0.5, 0.6) is 0 Å². The van der Waals surface area contributed by atoms with E-state index in [0.29, 0.717) is 31.3 Å². The van der Waals surface area contributed by atoms with Gasteiger partial charge in [0.25, 0.3) is 0 Å². The summed E-state index contributed by atoms with van der Waals surface area (Å²) < 4.78 is 0. The third-order valence-electron chi connectivity index (χ3n) is 4.32. The molecular weight excluding hydrogens is 445 g/mol. The van der Waals surface area contributed by atoms with Crippen LogP contribution in [-0.4, -0.2) is 9.97 Å². The van der Waals surface area contributed by atoms with Crippen LogP contribution in [-0.2, 0) is 0 Å². The van der Waals surface area contributed by atoms with Crippen molar-refractivity contribution in [2.24, 2.45) is 0 Å². The topological polar surface area (TPSA) is 49.6 Å². The number of aryl methyl sites for hydroxylation is 1. The number of allylic oxidation sites excluding steroid dienone is 1. The minimum Gasteiger partial charge on any atom is -0.235 e. The van der Waals surface area contributed by atoms with Gasteiger partial charge in [-0.1, -0.05) is 52.5 Å². The number of hydrogen-bond donors (Lipinski definition) is 0. The van der Waals surface area contributed by atoms with Gasteiger partial charge < -0.3 is 0 Å². The lowest BCUT2D eigenvalue weighted by molar-refractivity contribution is 1.36. The lowest BCUT2D eigenvalue weighted by atomic mass is 10.1. The number of fused-ring (bicyclic) bond motifs is 1. The summed E-state index contributed by atoms with van der Waals surface area (Å²) in [5.74, 6) is 0. The van der Waals surface area contributed by atoms with Gasteiger partial charge in [-0.3, -0.25) is 0 Å². The van der Waals surface area contributed by atoms with Gasteiger partial charge in [0.05, 0.1) is 26.8 Å². The van der Waals surface area contributed by atoms with Gasteiger partial charge in [-0.15, -0.1) is 11.3 Å². The normalized spacial score (nSPS) is 11.6. The van der Waals surface area contributed by atoms with Crippen LogP contribution in [0.4, 0.5) is 0 Å². The maximum atomic E-state index is 9.70. The van der Waals surface area contributed by atoms with Crippen LogP contribution >= 0.6 is 46.1 Å². The Kier molecular flexibility index (Phi) is 5.58. The van der Waals surface area contributed by atoms with Gasteiger partial charge >= 0.3 is 0 Å². The van der Waals surface area contributed by atoms with E-state index < -0.39 is 0 Å². The molecule has 0 aliphatic rings. The number of rotatable bonds is 3. The molecule has 0 aliphatic heterocycles. The molecule has 0 spiro atoms. The van der Waals surface area contributed by atoms with Crippen LogP contribution in [0.2, 0.25) is 15.2 Å². The van der Waals surface area contributed by atoms with Gasteiger partial charge in [-0.25, -0.2) is 9.97 Å². The second kappa shape index (κ2) is 8.14. The minimum absolute atomic E-state index is 0.343. The van der Waals surface area contributed by atoms with Crippen LogP contribution in [0.25, 0.3) is 33.8 Å². The quantitative estimate of drug-likeness (QED) is 0.234. The Morgan fingerprint density at radius 2 is 1.86 bits per heavy atom. The molecule has 142 valence electrons. The monoisotopic (exact) mass is 455 g/mol. The number of nitriles is 1. The Hall–Kier alpha value is -2.42. The summed E-state index contributed by atoms with van der Waals surface area (Å²) in [7, 11) is 0. The predicted octanol–water partition coefficient (Wildman–Crippen LogP) is 7.69. The van der Waals surface area contributed by atoms with Gasteiger partial charge in [-0.05, 0) is 43.3 Å². The van der Waals surface area contributed by atoms with Crippen LogP contribution in [0.1, 0.15) is 16.1 Å². The first kappa shape index (κ1) is 19.9. The number of aromatic nitrogens is 2. The first-order valence-electron chi connectivity index (χ1n) is 8.54. The Labute approximate surface area is 186 Å². The second-order valence-corrected chi connectivity index (χ2v) is 8.43. The molecule has 2 heterocycles. The maximum Gasteiger partial charge on any atom is 0.137 e. The highest BCUT2D eigenvalue weighted by molar-refractivity contribution is 7.11. The van der Waals surface area contributed by atoms with Gasteiger partial charge in [0.2, 0.25) is 0 Å². The molecule has 0 N–H and O–H groups in total. The van der Waals surface area contributed by atoms with Gasteiger partial charge in [0, 0.05) is 21.9 Å². The average Bonchev–Trinajstić information content (AvgIpc) is 3.18. The van der Waals surface area contributed by atoms with Crippen molar-refractivity contribution in [1.29, 1.82) is 5.26 Å². The predicted molar refractivity (Wildman–Crippen MR) is 123 cm³/mol. The van der Waals surface area contributed by atoms with E-state index in [1.165, 1.54) is 11.3 Å². The maximum absolute atomic E-state index is 9.70. The van der Waals surface area contributed by atoms with Gasteiger partial charge in [-0.2, -0.15) is 5.26 Å². The first-order valence-corrected chi connectivity index (χ1v) is 10.6. The Bertz CT molecular complexity index is 1320. The van der Waals surface area contributed by atoms with E-state index >= 15 is 0 Å². The smallest absolute Gasteiger partial charge is 0.137 e. The van der Waals surface area contributed by atoms with Crippen molar-refractivity contribution < 1.29 is 0 Å². The van der Waals surface area contributed by atoms with Crippen molar-refractivity contribution in [3.05, 3.63) is 79.2 Å². The molecule has 3 nitrogen and oxygen atoms in total. The molecule has 4 rings (SSSR count). The molecule has 0 atom stereocenters. The van der Waals surface area contributed by atoms with Crippen LogP contribution in [0, 0.1) is 18.3 Å². The standard InChI is InChI=1S/C22H12Cl3N3S/c1-12-2-5-19-14(6-12)7-15(21(25)27-19)8-16(10-26)22-28-20(11-29-22)13-3-4-17(23)18(24)9-13/h2-9,11H,1H3. The van der Waals surface area contributed by atoms with Crippen molar-refractivity contribution in [3.63, 3.8) is 0 Å². The zero-order chi connectivity index (χ0) is 20.5.